The van der Waals surface area contributed by atoms with Gasteiger partial charge in [-0.05, 0) is 38.3 Å². The molecule has 0 fully saturated rings. The Balaban J connectivity index is 3.06. The topological polar surface area (TPSA) is 35.4 Å². The first kappa shape index (κ1) is 17.2. The van der Waals surface area contributed by atoms with Gasteiger partial charge in [0, 0.05) is 0 Å². The van der Waals surface area contributed by atoms with Crippen LogP contribution in [0.3, 0.4) is 0 Å². The molecule has 0 aliphatic heterocycles. The fourth-order valence-electron chi connectivity index (χ4n) is 1.71. The van der Waals surface area contributed by atoms with E-state index < -0.39 is 20.2 Å². The fourth-order valence-corrected chi connectivity index (χ4v) is 3.43. The molecule has 1 unspecified atom stereocenters. The lowest BCUT2D eigenvalue weighted by molar-refractivity contribution is 0.562. The Morgan fingerprint density at radius 2 is 2.00 bits per heavy atom. The van der Waals surface area contributed by atoms with Crippen LogP contribution in [-0.2, 0) is 17.8 Å². The van der Waals surface area contributed by atoms with E-state index in [-0.39, 0.29) is 4.75 Å². The van der Waals surface area contributed by atoms with Crippen LogP contribution in [0.15, 0.2) is 35.3 Å². The van der Waals surface area contributed by atoms with Crippen LogP contribution in [0, 0.1) is 0 Å². The summed E-state index contributed by atoms with van der Waals surface area (Å²) >= 11 is -1.20. The van der Waals surface area contributed by atoms with Crippen LogP contribution in [0.1, 0.15) is 31.9 Å². The Labute approximate surface area is 127 Å². The van der Waals surface area contributed by atoms with Crippen LogP contribution in [0.5, 0.6) is 0 Å². The third-order valence-electron chi connectivity index (χ3n) is 2.85. The predicted molar refractivity (Wildman–Crippen MR) is 92.9 cm³/mol. The van der Waals surface area contributed by atoms with E-state index in [0.29, 0.717) is 0 Å². The fraction of sp³-hybridized carbons (Fsp3) is 0.438. The summed E-state index contributed by atoms with van der Waals surface area (Å²) in [6, 6.07) is 6.41. The van der Waals surface area contributed by atoms with E-state index in [4.69, 9.17) is 0 Å². The van der Waals surface area contributed by atoms with E-state index in [9.17, 15) is 4.55 Å². The Bertz CT molecular complexity index is 492. The molecule has 0 N–H and O–H groups in total. The third-order valence-corrected chi connectivity index (χ3v) is 5.70. The maximum Gasteiger partial charge on any atom is 0.144 e. The molecule has 0 amide bonds. The molecule has 0 aliphatic rings. The molecular weight excluding hydrogens is 282 g/mol. The van der Waals surface area contributed by atoms with Gasteiger partial charge in [0.25, 0.3) is 0 Å². The second kappa shape index (κ2) is 7.25. The normalized spacial score (nSPS) is 13.9. The maximum atomic E-state index is 12.0. The quantitative estimate of drug-likeness (QED) is 0.356. The van der Waals surface area contributed by atoms with Crippen molar-refractivity contribution in [1.82, 2.24) is 0 Å². The highest BCUT2D eigenvalue weighted by Crippen LogP contribution is 2.16. The SMILES string of the molecule is C=CCc1ccc(C=N[S+]([O-])C(C)(C)C)c([Si](C)C)c1. The number of allylic oxidation sites excluding steroid dienone is 1. The number of hydrogen-bond acceptors (Lipinski definition) is 2. The first-order valence-corrected chi connectivity index (χ1v) is 10.4. The van der Waals surface area contributed by atoms with Crippen LogP contribution in [0.25, 0.3) is 0 Å². The molecule has 1 atom stereocenters. The summed E-state index contributed by atoms with van der Waals surface area (Å²) in [6.45, 7) is 14.1. The summed E-state index contributed by atoms with van der Waals surface area (Å²) in [7, 11) is -0.589. The smallest absolute Gasteiger partial charge is 0.144 e. The first-order chi connectivity index (χ1) is 9.25. The van der Waals surface area contributed by atoms with Crippen LogP contribution in [-0.4, -0.2) is 24.3 Å². The number of benzene rings is 1. The lowest BCUT2D eigenvalue weighted by atomic mass is 10.1. The van der Waals surface area contributed by atoms with Gasteiger partial charge in [-0.2, -0.15) is 0 Å². The molecule has 0 aliphatic carbocycles. The van der Waals surface area contributed by atoms with E-state index in [1.807, 2.05) is 26.8 Å². The largest absolute Gasteiger partial charge is 0.591 e. The third kappa shape index (κ3) is 4.92. The molecule has 4 heteroatoms. The van der Waals surface area contributed by atoms with Gasteiger partial charge in [0.2, 0.25) is 0 Å². The molecule has 20 heavy (non-hydrogen) atoms. The Morgan fingerprint density at radius 1 is 1.35 bits per heavy atom. The monoisotopic (exact) mass is 306 g/mol. The van der Waals surface area contributed by atoms with Crippen molar-refractivity contribution in [2.24, 2.45) is 4.40 Å². The molecule has 0 bridgehead atoms. The van der Waals surface area contributed by atoms with Crippen LogP contribution >= 0.6 is 0 Å². The molecule has 1 aromatic rings. The van der Waals surface area contributed by atoms with Crippen molar-refractivity contribution in [3.05, 3.63) is 42.0 Å². The number of hydrogen-bond donors (Lipinski definition) is 0. The molecule has 0 heterocycles. The lowest BCUT2D eigenvalue weighted by Gasteiger charge is -2.18. The van der Waals surface area contributed by atoms with Gasteiger partial charge in [-0.15, -0.1) is 6.58 Å². The van der Waals surface area contributed by atoms with Gasteiger partial charge < -0.3 is 4.55 Å². The number of nitrogens with zero attached hydrogens (tertiary/aromatic N) is 1. The summed E-state index contributed by atoms with van der Waals surface area (Å²) in [5.74, 6) is 0. The summed E-state index contributed by atoms with van der Waals surface area (Å²) in [4.78, 5) is 0. The van der Waals surface area contributed by atoms with E-state index in [1.165, 1.54) is 10.8 Å². The maximum absolute atomic E-state index is 12.0. The standard InChI is InChI=1S/C16H24NOSSi/c1-7-8-13-9-10-14(15(11-13)20(5)6)12-17-19(18)16(2,3)4/h7,9-12H,1,8H2,2-6H3. The van der Waals surface area contributed by atoms with Gasteiger partial charge in [0.1, 0.15) is 16.1 Å². The Hall–Kier alpha value is -0.843. The highest BCUT2D eigenvalue weighted by Gasteiger charge is 2.25. The van der Waals surface area contributed by atoms with E-state index in [0.717, 1.165) is 12.0 Å². The van der Waals surface area contributed by atoms with Crippen molar-refractivity contribution in [2.75, 3.05) is 0 Å². The van der Waals surface area contributed by atoms with Gasteiger partial charge in [0.05, 0.1) is 15.0 Å². The van der Waals surface area contributed by atoms with Gasteiger partial charge in [-0.1, -0.05) is 47.0 Å². The average Bonchev–Trinajstić information content (AvgIpc) is 2.35. The van der Waals surface area contributed by atoms with Gasteiger partial charge in [-0.3, -0.25) is 0 Å². The van der Waals surface area contributed by atoms with E-state index in [1.54, 1.807) is 6.21 Å². The van der Waals surface area contributed by atoms with Crippen molar-refractivity contribution in [3.63, 3.8) is 0 Å². The molecule has 109 valence electrons. The molecule has 1 rings (SSSR count). The highest BCUT2D eigenvalue weighted by atomic mass is 32.2. The predicted octanol–water partition coefficient (Wildman–Crippen LogP) is 3.26. The summed E-state index contributed by atoms with van der Waals surface area (Å²) in [5.41, 5.74) is 2.37. The lowest BCUT2D eigenvalue weighted by Crippen LogP contribution is -2.29. The minimum Gasteiger partial charge on any atom is -0.591 e. The van der Waals surface area contributed by atoms with E-state index >= 15 is 0 Å². The summed E-state index contributed by atoms with van der Waals surface area (Å²) < 4.78 is 15.9. The molecule has 1 radical (unpaired) electrons. The summed E-state index contributed by atoms with van der Waals surface area (Å²) in [6.07, 6.45) is 4.57. The zero-order valence-corrected chi connectivity index (χ0v) is 14.9. The van der Waals surface area contributed by atoms with Crippen LogP contribution < -0.4 is 5.19 Å². The molecule has 0 aromatic heterocycles. The second-order valence-electron chi connectivity index (χ2n) is 6.01. The summed E-state index contributed by atoms with van der Waals surface area (Å²) in [5, 5.41) is 1.34. The molecular formula is C16H24NOSSi. The molecule has 0 spiro atoms. The van der Waals surface area contributed by atoms with Gasteiger partial charge >= 0.3 is 0 Å². The number of rotatable bonds is 5. The molecule has 2 nitrogen and oxygen atoms in total. The Morgan fingerprint density at radius 3 is 2.50 bits per heavy atom. The molecule has 0 saturated heterocycles. The van der Waals surface area contributed by atoms with Crippen molar-refractivity contribution in [2.45, 2.75) is 45.0 Å². The average molecular weight is 307 g/mol. The second-order valence-corrected chi connectivity index (χ2v) is 10.5. The minimum atomic E-state index is -1.20. The minimum absolute atomic E-state index is 0.314. The van der Waals surface area contributed by atoms with Crippen LogP contribution in [0.4, 0.5) is 0 Å². The molecule has 1 aromatic carbocycles. The van der Waals surface area contributed by atoms with Crippen molar-refractivity contribution in [1.29, 1.82) is 0 Å². The van der Waals surface area contributed by atoms with Crippen molar-refractivity contribution in [3.8, 4) is 0 Å². The van der Waals surface area contributed by atoms with Gasteiger partial charge in [-0.25, -0.2) is 0 Å². The van der Waals surface area contributed by atoms with Crippen molar-refractivity contribution < 1.29 is 4.55 Å². The van der Waals surface area contributed by atoms with Crippen molar-refractivity contribution >= 4 is 31.6 Å². The first-order valence-electron chi connectivity index (χ1n) is 6.76. The van der Waals surface area contributed by atoms with E-state index in [2.05, 4.69) is 42.3 Å². The zero-order chi connectivity index (χ0) is 15.3. The highest BCUT2D eigenvalue weighted by molar-refractivity contribution is 7.91. The van der Waals surface area contributed by atoms with Gasteiger partial charge in [0.15, 0.2) is 0 Å². The Kier molecular flexibility index (Phi) is 6.24. The zero-order valence-electron chi connectivity index (χ0n) is 13.1. The molecule has 0 saturated carbocycles. The van der Waals surface area contributed by atoms with Crippen LogP contribution in [0.2, 0.25) is 13.1 Å².